The highest BCUT2D eigenvalue weighted by molar-refractivity contribution is 5.90. The third-order valence-electron chi connectivity index (χ3n) is 6.82. The van der Waals surface area contributed by atoms with Crippen LogP contribution in [0.4, 0.5) is 0 Å². The normalized spacial score (nSPS) is 31.4. The molecule has 6 atom stereocenters. The fourth-order valence-electron chi connectivity index (χ4n) is 5.13. The van der Waals surface area contributed by atoms with Crippen LogP contribution in [0.1, 0.15) is 78.6 Å². The molecular formula is C23H40O5. The number of aliphatic hydroxyl groups is 3. The van der Waals surface area contributed by atoms with E-state index in [4.69, 9.17) is 9.84 Å². The van der Waals surface area contributed by atoms with E-state index in [1.807, 2.05) is 6.08 Å². The summed E-state index contributed by atoms with van der Waals surface area (Å²) < 4.78 is 6.16. The van der Waals surface area contributed by atoms with E-state index in [2.05, 4.69) is 20.8 Å². The number of aliphatic hydroxyl groups excluding tert-OH is 3. The van der Waals surface area contributed by atoms with Crippen LogP contribution in [-0.4, -0.2) is 52.1 Å². The molecule has 1 aliphatic carbocycles. The number of hydrogen-bond acceptors (Lipinski definition) is 5. The van der Waals surface area contributed by atoms with E-state index in [-0.39, 0.29) is 41.5 Å². The molecular weight excluding hydrogens is 356 g/mol. The molecule has 5 heteroatoms. The summed E-state index contributed by atoms with van der Waals surface area (Å²) in [4.78, 5) is 11.1. The summed E-state index contributed by atoms with van der Waals surface area (Å²) in [6.45, 7) is 5.99. The molecule has 1 saturated heterocycles. The highest BCUT2D eigenvalue weighted by Gasteiger charge is 2.48. The van der Waals surface area contributed by atoms with Crippen LogP contribution in [-0.2, 0) is 9.53 Å². The second-order valence-corrected chi connectivity index (χ2v) is 9.45. The first kappa shape index (κ1) is 23.5. The minimum Gasteiger partial charge on any atom is -0.393 e. The third-order valence-corrected chi connectivity index (χ3v) is 6.82. The summed E-state index contributed by atoms with van der Waals surface area (Å²) in [5, 5.41) is 29.7. The maximum absolute atomic E-state index is 11.1. The van der Waals surface area contributed by atoms with Crippen LogP contribution >= 0.6 is 0 Å². The van der Waals surface area contributed by atoms with Gasteiger partial charge in [-0.3, -0.25) is 4.79 Å². The smallest absolute Gasteiger partial charge is 0.180 e. The molecule has 2 rings (SSSR count). The Labute approximate surface area is 170 Å². The third kappa shape index (κ3) is 6.38. The van der Waals surface area contributed by atoms with Crippen molar-refractivity contribution < 1.29 is 24.9 Å². The predicted molar refractivity (Wildman–Crippen MR) is 110 cm³/mol. The topological polar surface area (TPSA) is 87.0 Å². The Morgan fingerprint density at radius 3 is 2.71 bits per heavy atom. The maximum Gasteiger partial charge on any atom is 0.180 e. The van der Waals surface area contributed by atoms with Gasteiger partial charge in [0.25, 0.3) is 0 Å². The first-order valence-corrected chi connectivity index (χ1v) is 11.1. The van der Waals surface area contributed by atoms with Crippen LogP contribution in [0.25, 0.3) is 0 Å². The summed E-state index contributed by atoms with van der Waals surface area (Å²) in [6, 6.07) is 0. The van der Waals surface area contributed by atoms with Gasteiger partial charge < -0.3 is 20.1 Å². The molecule has 0 radical (unpaired) electrons. The lowest BCUT2D eigenvalue weighted by atomic mass is 9.79. The Bertz CT molecular complexity index is 515. The average Bonchev–Trinajstić information content (AvgIpc) is 3.15. The molecule has 2 aliphatic rings. The van der Waals surface area contributed by atoms with E-state index in [1.165, 1.54) is 6.08 Å². The van der Waals surface area contributed by atoms with Gasteiger partial charge in [-0.15, -0.1) is 0 Å². The van der Waals surface area contributed by atoms with Gasteiger partial charge in [0.05, 0.1) is 24.4 Å². The van der Waals surface area contributed by atoms with Crippen LogP contribution in [0, 0.1) is 17.3 Å². The molecule has 0 aromatic rings. The van der Waals surface area contributed by atoms with E-state index in [0.717, 1.165) is 51.4 Å². The SMILES string of the molecule is CCCC(C)(C)C(O)CCC[C@@H]1[C@H]2CC(CCC=CC(=O)CO)O[C@H]2C[C@H]1O. The van der Waals surface area contributed by atoms with E-state index in [1.54, 1.807) is 0 Å². The Morgan fingerprint density at radius 1 is 1.29 bits per heavy atom. The molecule has 3 N–H and O–H groups in total. The Hall–Kier alpha value is -0.750. The predicted octanol–water partition coefficient (Wildman–Crippen LogP) is 3.40. The van der Waals surface area contributed by atoms with Crippen LogP contribution in [0.5, 0.6) is 0 Å². The minimum absolute atomic E-state index is 0.0436. The second kappa shape index (κ2) is 10.9. The minimum atomic E-state index is -0.440. The molecule has 0 aromatic heterocycles. The molecule has 5 nitrogen and oxygen atoms in total. The summed E-state index contributed by atoms with van der Waals surface area (Å²) in [5.74, 6) is 0.406. The zero-order chi connectivity index (χ0) is 20.7. The maximum atomic E-state index is 11.1. The molecule has 1 heterocycles. The van der Waals surface area contributed by atoms with Crippen molar-refractivity contribution >= 4 is 5.78 Å². The van der Waals surface area contributed by atoms with Crippen molar-refractivity contribution in [3.63, 3.8) is 0 Å². The van der Waals surface area contributed by atoms with Gasteiger partial charge in [0, 0.05) is 6.42 Å². The molecule has 28 heavy (non-hydrogen) atoms. The van der Waals surface area contributed by atoms with Gasteiger partial charge in [0.2, 0.25) is 0 Å². The standard InChI is InChI=1S/C23H40O5/c1-4-12-23(2,3)22(27)11-7-10-18-19-13-17(28-21(19)14-20(18)26)9-6-5-8-16(25)15-24/h5,8,17-22,24,26-27H,4,6-7,9-15H2,1-3H3/t17?,18-,19-,20-,21+,22?/m1/s1. The zero-order valence-electron chi connectivity index (χ0n) is 17.8. The van der Waals surface area contributed by atoms with Crippen LogP contribution in [0.15, 0.2) is 12.2 Å². The Morgan fingerprint density at radius 2 is 2.04 bits per heavy atom. The van der Waals surface area contributed by atoms with Crippen LogP contribution in [0.2, 0.25) is 0 Å². The number of carbonyl (C=O) groups is 1. The van der Waals surface area contributed by atoms with Crippen LogP contribution < -0.4 is 0 Å². The van der Waals surface area contributed by atoms with E-state index in [9.17, 15) is 15.0 Å². The van der Waals surface area contributed by atoms with E-state index < -0.39 is 6.61 Å². The summed E-state index contributed by atoms with van der Waals surface area (Å²) >= 11 is 0. The molecule has 1 aliphatic heterocycles. The van der Waals surface area contributed by atoms with Crippen molar-refractivity contribution in [1.82, 2.24) is 0 Å². The van der Waals surface area contributed by atoms with Gasteiger partial charge in [-0.1, -0.05) is 39.7 Å². The molecule has 1 saturated carbocycles. The molecule has 0 bridgehead atoms. The van der Waals surface area contributed by atoms with Crippen molar-refractivity contribution in [2.24, 2.45) is 17.3 Å². The van der Waals surface area contributed by atoms with Crippen molar-refractivity contribution in [1.29, 1.82) is 0 Å². The molecule has 2 unspecified atom stereocenters. The monoisotopic (exact) mass is 396 g/mol. The van der Waals surface area contributed by atoms with Crippen molar-refractivity contribution in [2.45, 2.75) is 103 Å². The summed E-state index contributed by atoms with van der Waals surface area (Å²) in [6.07, 6.45) is 11.1. The zero-order valence-corrected chi connectivity index (χ0v) is 17.8. The fraction of sp³-hybridized carbons (Fsp3) is 0.870. The van der Waals surface area contributed by atoms with Gasteiger partial charge in [-0.05, 0) is 61.9 Å². The van der Waals surface area contributed by atoms with E-state index in [0.29, 0.717) is 12.3 Å². The van der Waals surface area contributed by atoms with Gasteiger partial charge in [0.15, 0.2) is 5.78 Å². The largest absolute Gasteiger partial charge is 0.393 e. The number of ketones is 1. The van der Waals surface area contributed by atoms with Gasteiger partial charge in [-0.2, -0.15) is 0 Å². The lowest BCUT2D eigenvalue weighted by Gasteiger charge is -2.31. The van der Waals surface area contributed by atoms with Gasteiger partial charge in [0.1, 0.15) is 6.61 Å². The van der Waals surface area contributed by atoms with Gasteiger partial charge in [-0.25, -0.2) is 0 Å². The summed E-state index contributed by atoms with van der Waals surface area (Å²) in [5.41, 5.74) is -0.0436. The van der Waals surface area contributed by atoms with Gasteiger partial charge >= 0.3 is 0 Å². The van der Waals surface area contributed by atoms with Crippen LogP contribution in [0.3, 0.4) is 0 Å². The van der Waals surface area contributed by atoms with E-state index >= 15 is 0 Å². The molecule has 0 spiro atoms. The second-order valence-electron chi connectivity index (χ2n) is 9.45. The number of rotatable bonds is 12. The quantitative estimate of drug-likeness (QED) is 0.440. The first-order valence-electron chi connectivity index (χ1n) is 11.1. The molecule has 0 amide bonds. The highest BCUT2D eigenvalue weighted by Crippen LogP contribution is 2.46. The highest BCUT2D eigenvalue weighted by atomic mass is 16.5. The number of fused-ring (bicyclic) bond motifs is 1. The molecule has 0 aromatic carbocycles. The number of ether oxygens (including phenoxy) is 1. The lowest BCUT2D eigenvalue weighted by molar-refractivity contribution is -0.117. The molecule has 162 valence electrons. The van der Waals surface area contributed by atoms with Crippen molar-refractivity contribution in [2.75, 3.05) is 6.61 Å². The number of carbonyl (C=O) groups excluding carboxylic acids is 1. The molecule has 2 fully saturated rings. The fourth-order valence-corrected chi connectivity index (χ4v) is 5.13. The van der Waals surface area contributed by atoms with Crippen molar-refractivity contribution in [3.05, 3.63) is 12.2 Å². The average molecular weight is 397 g/mol. The van der Waals surface area contributed by atoms with Crippen molar-refractivity contribution in [3.8, 4) is 0 Å². The Balaban J connectivity index is 1.75. The Kier molecular flexibility index (Phi) is 9.13. The summed E-state index contributed by atoms with van der Waals surface area (Å²) in [7, 11) is 0. The number of hydrogen-bond donors (Lipinski definition) is 3. The first-order chi connectivity index (χ1) is 13.3. The number of allylic oxidation sites excluding steroid dienone is 1. The lowest BCUT2D eigenvalue weighted by Crippen LogP contribution is -2.29.